The number of halogens is 2. The van der Waals surface area contributed by atoms with Crippen molar-refractivity contribution in [1.82, 2.24) is 0 Å². The quantitative estimate of drug-likeness (QED) is 0.650. The van der Waals surface area contributed by atoms with Crippen LogP contribution in [0.3, 0.4) is 0 Å². The minimum atomic E-state index is -0.562. The second kappa shape index (κ2) is 6.18. The van der Waals surface area contributed by atoms with Crippen molar-refractivity contribution in [3.63, 3.8) is 0 Å². The van der Waals surface area contributed by atoms with Gasteiger partial charge in [0.1, 0.15) is 0 Å². The Bertz CT molecular complexity index is 785. The number of benzene rings is 3. The van der Waals surface area contributed by atoms with Crippen molar-refractivity contribution in [2.24, 2.45) is 0 Å². The molecule has 3 aromatic rings. The van der Waals surface area contributed by atoms with Crippen molar-refractivity contribution in [1.29, 1.82) is 0 Å². The van der Waals surface area contributed by atoms with E-state index >= 15 is 0 Å². The van der Waals surface area contributed by atoms with Gasteiger partial charge in [0.05, 0.1) is 6.10 Å². The van der Waals surface area contributed by atoms with E-state index in [9.17, 15) is 5.11 Å². The smallest absolute Gasteiger partial charge is 0.0831 e. The third-order valence-corrected chi connectivity index (χ3v) is 4.43. The van der Waals surface area contributed by atoms with E-state index in [0.717, 1.165) is 21.0 Å². The first kappa shape index (κ1) is 14.6. The zero-order valence-corrected chi connectivity index (χ0v) is 13.6. The van der Waals surface area contributed by atoms with E-state index in [0.29, 0.717) is 11.4 Å². The van der Waals surface area contributed by atoms with Crippen LogP contribution in [0.1, 0.15) is 17.2 Å². The summed E-state index contributed by atoms with van der Waals surface area (Å²) in [6, 6.07) is 19.9. The maximum Gasteiger partial charge on any atom is 0.0831 e. The first-order chi connectivity index (χ1) is 10.1. The summed E-state index contributed by atoms with van der Waals surface area (Å²) < 4.78 is 0.941. The molecule has 1 nitrogen and oxygen atoms in total. The van der Waals surface area contributed by atoms with E-state index in [1.165, 1.54) is 5.39 Å². The lowest BCUT2D eigenvalue weighted by Gasteiger charge is -2.13. The van der Waals surface area contributed by atoms with Crippen molar-refractivity contribution in [3.8, 4) is 0 Å². The molecule has 0 amide bonds. The van der Waals surface area contributed by atoms with Crippen LogP contribution in [0.15, 0.2) is 65.1 Å². The Hall–Kier alpha value is -1.35. The second-order valence-electron chi connectivity index (χ2n) is 5.06. The molecule has 0 saturated carbocycles. The highest BCUT2D eigenvalue weighted by Gasteiger charge is 2.11. The molecule has 1 N–H and O–H groups in total. The molecule has 3 aromatic carbocycles. The summed E-state index contributed by atoms with van der Waals surface area (Å²) in [5.41, 5.74) is 1.85. The highest BCUT2D eigenvalue weighted by Crippen LogP contribution is 2.27. The fraction of sp³-hybridized carbons (Fsp3) is 0.111. The fourth-order valence-corrected chi connectivity index (χ4v) is 3.18. The Labute approximate surface area is 137 Å². The number of hydrogen-bond donors (Lipinski definition) is 1. The standard InChI is InChI=1S/C18H14BrClO/c19-16-8-7-14(17(20)11-16)10-18(21)15-6-5-12-3-1-2-4-13(12)9-15/h1-9,11,18,21H,10H2. The first-order valence-electron chi connectivity index (χ1n) is 6.74. The maximum absolute atomic E-state index is 10.5. The van der Waals surface area contributed by atoms with Crippen molar-refractivity contribution in [2.75, 3.05) is 0 Å². The molecule has 0 aliphatic heterocycles. The Balaban J connectivity index is 1.87. The summed E-state index contributed by atoms with van der Waals surface area (Å²) in [6.07, 6.45) is -0.0574. The monoisotopic (exact) mass is 360 g/mol. The summed E-state index contributed by atoms with van der Waals surface area (Å²) in [5.74, 6) is 0. The second-order valence-corrected chi connectivity index (χ2v) is 6.39. The summed E-state index contributed by atoms with van der Waals surface area (Å²) in [5, 5.41) is 13.4. The maximum atomic E-state index is 10.5. The minimum Gasteiger partial charge on any atom is -0.388 e. The zero-order valence-electron chi connectivity index (χ0n) is 11.3. The zero-order chi connectivity index (χ0) is 14.8. The Kier molecular flexibility index (Phi) is 4.29. The van der Waals surface area contributed by atoms with E-state index in [1.54, 1.807) is 0 Å². The molecule has 106 valence electrons. The topological polar surface area (TPSA) is 20.2 Å². The number of aliphatic hydroxyl groups excluding tert-OH is 1. The minimum absolute atomic E-state index is 0.504. The lowest BCUT2D eigenvalue weighted by atomic mass is 9.99. The number of fused-ring (bicyclic) bond motifs is 1. The van der Waals surface area contributed by atoms with Crippen LogP contribution in [-0.2, 0) is 6.42 Å². The van der Waals surface area contributed by atoms with Crippen molar-refractivity contribution in [3.05, 3.63) is 81.3 Å². The highest BCUT2D eigenvalue weighted by atomic mass is 79.9. The van der Waals surface area contributed by atoms with Gasteiger partial charge in [-0.1, -0.05) is 70.0 Å². The van der Waals surface area contributed by atoms with Gasteiger partial charge in [-0.05, 0) is 40.1 Å². The van der Waals surface area contributed by atoms with Gasteiger partial charge in [-0.2, -0.15) is 0 Å². The van der Waals surface area contributed by atoms with Crippen molar-refractivity contribution in [2.45, 2.75) is 12.5 Å². The van der Waals surface area contributed by atoms with Gasteiger partial charge >= 0.3 is 0 Å². The van der Waals surface area contributed by atoms with Crippen LogP contribution in [-0.4, -0.2) is 5.11 Å². The highest BCUT2D eigenvalue weighted by molar-refractivity contribution is 9.10. The van der Waals surface area contributed by atoms with Crippen LogP contribution in [0.5, 0.6) is 0 Å². The summed E-state index contributed by atoms with van der Waals surface area (Å²) in [7, 11) is 0. The van der Waals surface area contributed by atoms with Crippen LogP contribution in [0, 0.1) is 0 Å². The predicted octanol–water partition coefficient (Wildman–Crippen LogP) is 5.53. The van der Waals surface area contributed by atoms with E-state index in [4.69, 9.17) is 11.6 Å². The Morgan fingerprint density at radius 2 is 1.71 bits per heavy atom. The largest absolute Gasteiger partial charge is 0.388 e. The van der Waals surface area contributed by atoms with E-state index in [1.807, 2.05) is 48.5 Å². The molecule has 1 atom stereocenters. The lowest BCUT2D eigenvalue weighted by molar-refractivity contribution is 0.178. The molecule has 0 saturated heterocycles. The summed E-state index contributed by atoms with van der Waals surface area (Å²) >= 11 is 9.60. The van der Waals surface area contributed by atoms with E-state index in [-0.39, 0.29) is 0 Å². The van der Waals surface area contributed by atoms with Gasteiger partial charge in [-0.3, -0.25) is 0 Å². The first-order valence-corrected chi connectivity index (χ1v) is 7.91. The average molecular weight is 362 g/mol. The van der Waals surface area contributed by atoms with Crippen LogP contribution < -0.4 is 0 Å². The molecule has 0 aromatic heterocycles. The molecule has 0 fully saturated rings. The fourth-order valence-electron chi connectivity index (χ4n) is 2.43. The van der Waals surface area contributed by atoms with Gasteiger partial charge in [0.25, 0.3) is 0 Å². The van der Waals surface area contributed by atoms with Crippen LogP contribution in [0.4, 0.5) is 0 Å². The van der Waals surface area contributed by atoms with Crippen LogP contribution in [0.25, 0.3) is 10.8 Å². The third-order valence-electron chi connectivity index (χ3n) is 3.59. The molecule has 0 aliphatic rings. The molecule has 0 radical (unpaired) electrons. The van der Waals surface area contributed by atoms with E-state index < -0.39 is 6.10 Å². The van der Waals surface area contributed by atoms with Crippen LogP contribution >= 0.6 is 27.5 Å². The average Bonchev–Trinajstić information content (AvgIpc) is 2.49. The molecule has 1 unspecified atom stereocenters. The van der Waals surface area contributed by atoms with Gasteiger partial charge in [0.15, 0.2) is 0 Å². The molecule has 0 bridgehead atoms. The molecular weight excluding hydrogens is 348 g/mol. The predicted molar refractivity (Wildman–Crippen MR) is 91.8 cm³/mol. The Morgan fingerprint density at radius 3 is 2.48 bits per heavy atom. The van der Waals surface area contributed by atoms with Crippen LogP contribution in [0.2, 0.25) is 5.02 Å². The van der Waals surface area contributed by atoms with Crippen molar-refractivity contribution < 1.29 is 5.11 Å². The van der Waals surface area contributed by atoms with E-state index in [2.05, 4.69) is 28.1 Å². The van der Waals surface area contributed by atoms with Crippen molar-refractivity contribution >= 4 is 38.3 Å². The number of aliphatic hydroxyl groups is 1. The SMILES string of the molecule is OC(Cc1ccc(Br)cc1Cl)c1ccc2ccccc2c1. The van der Waals surface area contributed by atoms with Gasteiger partial charge in [-0.25, -0.2) is 0 Å². The molecular formula is C18H14BrClO. The normalized spacial score (nSPS) is 12.5. The lowest BCUT2D eigenvalue weighted by Crippen LogP contribution is -2.02. The number of rotatable bonds is 3. The molecule has 0 aliphatic carbocycles. The molecule has 3 rings (SSSR count). The number of hydrogen-bond acceptors (Lipinski definition) is 1. The summed E-state index contributed by atoms with van der Waals surface area (Å²) in [4.78, 5) is 0. The molecule has 0 spiro atoms. The van der Waals surface area contributed by atoms with Gasteiger partial charge in [0, 0.05) is 15.9 Å². The molecule has 0 heterocycles. The molecule has 3 heteroatoms. The Morgan fingerprint density at radius 1 is 0.952 bits per heavy atom. The third kappa shape index (κ3) is 3.29. The summed E-state index contributed by atoms with van der Waals surface area (Å²) in [6.45, 7) is 0. The van der Waals surface area contributed by atoms with Gasteiger partial charge in [0.2, 0.25) is 0 Å². The van der Waals surface area contributed by atoms with Gasteiger partial charge < -0.3 is 5.11 Å². The van der Waals surface area contributed by atoms with Gasteiger partial charge in [-0.15, -0.1) is 0 Å². The molecule has 21 heavy (non-hydrogen) atoms.